The highest BCUT2D eigenvalue weighted by atomic mass is 16.2. The summed E-state index contributed by atoms with van der Waals surface area (Å²) in [6, 6.07) is 3.61. The zero-order valence-electron chi connectivity index (χ0n) is 11.9. The van der Waals surface area contributed by atoms with Gasteiger partial charge in [-0.05, 0) is 18.9 Å². The predicted octanol–water partition coefficient (Wildman–Crippen LogP) is 1.23. The molecular formula is C15H20N4O2. The first-order valence-electron chi connectivity index (χ1n) is 7.25. The maximum absolute atomic E-state index is 11.9. The van der Waals surface area contributed by atoms with Gasteiger partial charge in [0.2, 0.25) is 5.91 Å². The first-order valence-corrected chi connectivity index (χ1v) is 7.25. The summed E-state index contributed by atoms with van der Waals surface area (Å²) in [6.07, 6.45) is 10.1. The Kier molecular flexibility index (Phi) is 5.87. The molecule has 1 aromatic heterocycles. The molecule has 0 aliphatic heterocycles. The lowest BCUT2D eigenvalue weighted by atomic mass is 9.89. The maximum Gasteiger partial charge on any atom is 0.259 e. The normalized spacial score (nSPS) is 15.8. The molecule has 1 saturated carbocycles. The van der Waals surface area contributed by atoms with Gasteiger partial charge in [0.05, 0.1) is 12.8 Å². The summed E-state index contributed by atoms with van der Waals surface area (Å²) in [6.45, 7) is -0.0420. The summed E-state index contributed by atoms with van der Waals surface area (Å²) in [5.74, 6) is -0.300. The van der Waals surface area contributed by atoms with Crippen LogP contribution in [0.15, 0.2) is 29.6 Å². The summed E-state index contributed by atoms with van der Waals surface area (Å²) < 4.78 is 0. The van der Waals surface area contributed by atoms with Crippen LogP contribution >= 0.6 is 0 Å². The molecule has 0 spiro atoms. The van der Waals surface area contributed by atoms with Gasteiger partial charge in [0, 0.05) is 23.9 Å². The number of amides is 2. The number of hydrazone groups is 1. The fraction of sp³-hybridized carbons (Fsp3) is 0.467. The van der Waals surface area contributed by atoms with Crippen molar-refractivity contribution in [3.05, 3.63) is 30.1 Å². The number of nitrogens with one attached hydrogen (secondary N) is 2. The van der Waals surface area contributed by atoms with Gasteiger partial charge >= 0.3 is 0 Å². The van der Waals surface area contributed by atoms with E-state index < -0.39 is 0 Å². The van der Waals surface area contributed by atoms with Crippen LogP contribution < -0.4 is 10.7 Å². The molecule has 112 valence electrons. The van der Waals surface area contributed by atoms with Crippen molar-refractivity contribution in [2.24, 2.45) is 11.0 Å². The van der Waals surface area contributed by atoms with E-state index in [1.165, 1.54) is 12.6 Å². The Morgan fingerprint density at radius 1 is 1.33 bits per heavy atom. The Labute approximate surface area is 124 Å². The van der Waals surface area contributed by atoms with Crippen LogP contribution in [0.5, 0.6) is 0 Å². The number of pyridine rings is 1. The topological polar surface area (TPSA) is 83.5 Å². The molecule has 1 fully saturated rings. The molecule has 0 saturated heterocycles. The summed E-state index contributed by atoms with van der Waals surface area (Å²) in [4.78, 5) is 27.4. The smallest absolute Gasteiger partial charge is 0.259 e. The van der Waals surface area contributed by atoms with Crippen molar-refractivity contribution < 1.29 is 9.59 Å². The van der Waals surface area contributed by atoms with Gasteiger partial charge in [-0.2, -0.15) is 5.10 Å². The van der Waals surface area contributed by atoms with Crippen LogP contribution in [0.25, 0.3) is 0 Å². The minimum absolute atomic E-state index is 0.0268. The van der Waals surface area contributed by atoms with E-state index in [4.69, 9.17) is 0 Å². The number of aromatic nitrogens is 1. The monoisotopic (exact) mass is 288 g/mol. The molecule has 0 aromatic carbocycles. The third-order valence-electron chi connectivity index (χ3n) is 3.49. The molecule has 2 N–H and O–H groups in total. The first kappa shape index (κ1) is 15.2. The Bertz CT molecular complexity index is 496. The lowest BCUT2D eigenvalue weighted by Gasteiger charge is -2.20. The third kappa shape index (κ3) is 5.33. The van der Waals surface area contributed by atoms with Crippen molar-refractivity contribution in [1.82, 2.24) is 15.7 Å². The van der Waals surface area contributed by atoms with Crippen molar-refractivity contribution in [3.63, 3.8) is 0 Å². The van der Waals surface area contributed by atoms with Crippen molar-refractivity contribution in [1.29, 1.82) is 0 Å². The highest BCUT2D eigenvalue weighted by Gasteiger charge is 2.21. The van der Waals surface area contributed by atoms with Crippen molar-refractivity contribution >= 4 is 18.0 Å². The van der Waals surface area contributed by atoms with Crippen LogP contribution in [-0.2, 0) is 9.59 Å². The predicted molar refractivity (Wildman–Crippen MR) is 79.6 cm³/mol. The molecule has 0 bridgehead atoms. The van der Waals surface area contributed by atoms with Gasteiger partial charge in [-0.1, -0.05) is 25.3 Å². The molecule has 6 heteroatoms. The average Bonchev–Trinajstić information content (AvgIpc) is 2.54. The molecule has 21 heavy (non-hydrogen) atoms. The molecule has 6 nitrogen and oxygen atoms in total. The van der Waals surface area contributed by atoms with E-state index in [0.717, 1.165) is 31.2 Å². The van der Waals surface area contributed by atoms with Gasteiger partial charge in [-0.25, -0.2) is 5.43 Å². The second kappa shape index (κ2) is 8.14. The first-order chi connectivity index (χ1) is 10.3. The van der Waals surface area contributed by atoms with Crippen molar-refractivity contribution in [2.75, 3.05) is 6.54 Å². The number of carbonyl (C=O) groups is 2. The summed E-state index contributed by atoms with van der Waals surface area (Å²) in [7, 11) is 0. The quantitative estimate of drug-likeness (QED) is 0.631. The SMILES string of the molecule is O=C(CNC(=O)C1CCCCC1)NN=Cc1cccnc1. The minimum Gasteiger partial charge on any atom is -0.347 e. The van der Waals surface area contributed by atoms with E-state index in [1.54, 1.807) is 18.5 Å². The van der Waals surface area contributed by atoms with Crippen LogP contribution in [0.3, 0.4) is 0 Å². The summed E-state index contributed by atoms with van der Waals surface area (Å²) in [5.41, 5.74) is 3.17. The van der Waals surface area contributed by atoms with Gasteiger partial charge in [0.1, 0.15) is 0 Å². The van der Waals surface area contributed by atoms with Crippen LogP contribution in [0.2, 0.25) is 0 Å². The minimum atomic E-state index is -0.334. The van der Waals surface area contributed by atoms with Gasteiger partial charge in [0.25, 0.3) is 5.91 Å². The molecule has 0 radical (unpaired) electrons. The largest absolute Gasteiger partial charge is 0.347 e. The molecule has 2 amide bonds. The van der Waals surface area contributed by atoms with E-state index >= 15 is 0 Å². The van der Waals surface area contributed by atoms with Gasteiger partial charge in [0.15, 0.2) is 0 Å². The lowest BCUT2D eigenvalue weighted by Crippen LogP contribution is -2.38. The fourth-order valence-electron chi connectivity index (χ4n) is 2.35. The second-order valence-electron chi connectivity index (χ2n) is 5.13. The molecule has 2 rings (SSSR count). The molecule has 1 aromatic rings. The van der Waals surface area contributed by atoms with E-state index in [0.29, 0.717) is 0 Å². The van der Waals surface area contributed by atoms with Gasteiger partial charge in [-0.3, -0.25) is 14.6 Å². The van der Waals surface area contributed by atoms with E-state index in [2.05, 4.69) is 20.8 Å². The Balaban J connectivity index is 1.67. The van der Waals surface area contributed by atoms with Crippen LogP contribution in [0, 0.1) is 5.92 Å². The molecule has 1 aliphatic rings. The molecule has 0 unspecified atom stereocenters. The molecule has 1 heterocycles. The van der Waals surface area contributed by atoms with Crippen molar-refractivity contribution in [2.45, 2.75) is 32.1 Å². The van der Waals surface area contributed by atoms with Crippen LogP contribution in [0.1, 0.15) is 37.7 Å². The standard InChI is InChI=1S/C15H20N4O2/c20-14(19-18-10-12-5-4-8-16-9-12)11-17-15(21)13-6-2-1-3-7-13/h4-5,8-10,13H,1-3,6-7,11H2,(H,17,21)(H,19,20). The summed E-state index contributed by atoms with van der Waals surface area (Å²) in [5, 5.41) is 6.48. The zero-order chi connectivity index (χ0) is 14.9. The lowest BCUT2D eigenvalue weighted by molar-refractivity contribution is -0.129. The number of nitrogens with zero attached hydrogens (tertiary/aromatic N) is 2. The number of hydrogen-bond donors (Lipinski definition) is 2. The average molecular weight is 288 g/mol. The number of rotatable bonds is 5. The zero-order valence-corrected chi connectivity index (χ0v) is 11.9. The van der Waals surface area contributed by atoms with E-state index in [1.807, 2.05) is 6.07 Å². The van der Waals surface area contributed by atoms with Crippen molar-refractivity contribution in [3.8, 4) is 0 Å². The van der Waals surface area contributed by atoms with Crippen LogP contribution in [0.4, 0.5) is 0 Å². The highest BCUT2D eigenvalue weighted by molar-refractivity contribution is 5.86. The van der Waals surface area contributed by atoms with Gasteiger partial charge in [-0.15, -0.1) is 0 Å². The molecule has 0 atom stereocenters. The van der Waals surface area contributed by atoms with Crippen LogP contribution in [-0.4, -0.2) is 29.6 Å². The Hall–Kier alpha value is -2.24. The summed E-state index contributed by atoms with van der Waals surface area (Å²) >= 11 is 0. The maximum atomic E-state index is 11.9. The molecular weight excluding hydrogens is 268 g/mol. The second-order valence-corrected chi connectivity index (χ2v) is 5.13. The number of carbonyl (C=O) groups excluding carboxylic acids is 2. The fourth-order valence-corrected chi connectivity index (χ4v) is 2.35. The van der Waals surface area contributed by atoms with E-state index in [9.17, 15) is 9.59 Å². The third-order valence-corrected chi connectivity index (χ3v) is 3.49. The Morgan fingerprint density at radius 2 is 2.14 bits per heavy atom. The Morgan fingerprint density at radius 3 is 2.86 bits per heavy atom. The van der Waals surface area contributed by atoms with E-state index in [-0.39, 0.29) is 24.3 Å². The highest BCUT2D eigenvalue weighted by Crippen LogP contribution is 2.23. The van der Waals surface area contributed by atoms with Gasteiger partial charge < -0.3 is 5.32 Å². The number of hydrogen-bond acceptors (Lipinski definition) is 4. The molecule has 1 aliphatic carbocycles.